The maximum absolute atomic E-state index is 12.3. The van der Waals surface area contributed by atoms with Crippen LogP contribution in [0.3, 0.4) is 0 Å². The predicted octanol–water partition coefficient (Wildman–Crippen LogP) is 0.808. The third kappa shape index (κ3) is 4.37. The second-order valence-corrected chi connectivity index (χ2v) is 6.83. The van der Waals surface area contributed by atoms with E-state index in [1.165, 1.54) is 0 Å². The van der Waals surface area contributed by atoms with Gasteiger partial charge < -0.3 is 14.8 Å². The van der Waals surface area contributed by atoms with E-state index in [1.54, 1.807) is 0 Å². The number of aryl methyl sites for hydroxylation is 2. The lowest BCUT2D eigenvalue weighted by Crippen LogP contribution is -2.39. The van der Waals surface area contributed by atoms with Gasteiger partial charge in [-0.05, 0) is 38.5 Å². The Hall–Kier alpha value is -2.38. The molecule has 0 unspecified atom stereocenters. The number of likely N-dealkylation sites (tertiary alicyclic amines) is 1. The van der Waals surface area contributed by atoms with Crippen molar-refractivity contribution in [2.24, 2.45) is 5.92 Å². The van der Waals surface area contributed by atoms with E-state index >= 15 is 0 Å². The molecule has 0 aromatic carbocycles. The molecule has 0 aliphatic carbocycles. The van der Waals surface area contributed by atoms with Gasteiger partial charge in [-0.15, -0.1) is 0 Å². The smallest absolute Gasteiger partial charge is 0.322 e. The van der Waals surface area contributed by atoms with E-state index in [2.05, 4.69) is 20.2 Å². The molecule has 1 aromatic heterocycles. The van der Waals surface area contributed by atoms with E-state index in [1.807, 2.05) is 24.2 Å². The highest BCUT2D eigenvalue weighted by Crippen LogP contribution is 2.22. The van der Waals surface area contributed by atoms with Gasteiger partial charge in [0.25, 0.3) is 5.91 Å². The van der Waals surface area contributed by atoms with Crippen LogP contribution in [0.2, 0.25) is 0 Å². The molecule has 2 fully saturated rings. The van der Waals surface area contributed by atoms with Gasteiger partial charge in [-0.25, -0.2) is 9.78 Å². The topological polar surface area (TPSA) is 96.3 Å². The molecule has 3 rings (SSSR count). The van der Waals surface area contributed by atoms with Crippen molar-refractivity contribution in [3.63, 3.8) is 0 Å². The fourth-order valence-electron chi connectivity index (χ4n) is 3.52. The van der Waals surface area contributed by atoms with Crippen molar-refractivity contribution in [2.75, 3.05) is 13.1 Å². The molecule has 0 saturated carbocycles. The zero-order valence-corrected chi connectivity index (χ0v) is 14.5. The SMILES string of the molecule is Cc1nccn1CCC1CCN(C(=O)CC[C@H]2NC(=O)NC2=O)CC1. The third-order valence-corrected chi connectivity index (χ3v) is 5.17. The summed E-state index contributed by atoms with van der Waals surface area (Å²) < 4.78 is 2.17. The molecule has 2 aliphatic rings. The molecule has 4 amide bonds. The lowest BCUT2D eigenvalue weighted by atomic mass is 9.93. The van der Waals surface area contributed by atoms with Crippen LogP contribution in [0.15, 0.2) is 12.4 Å². The Labute approximate surface area is 147 Å². The first-order valence-electron chi connectivity index (χ1n) is 8.90. The summed E-state index contributed by atoms with van der Waals surface area (Å²) in [5.74, 6) is 1.39. The Bertz CT molecular complexity index is 648. The molecule has 136 valence electrons. The maximum Gasteiger partial charge on any atom is 0.322 e. The molecule has 2 aliphatic heterocycles. The van der Waals surface area contributed by atoms with Gasteiger partial charge in [-0.1, -0.05) is 0 Å². The fraction of sp³-hybridized carbons (Fsp3) is 0.647. The van der Waals surface area contributed by atoms with Crippen molar-refractivity contribution in [3.8, 4) is 0 Å². The minimum absolute atomic E-state index is 0.0675. The van der Waals surface area contributed by atoms with Crippen LogP contribution in [-0.2, 0) is 16.1 Å². The summed E-state index contributed by atoms with van der Waals surface area (Å²) in [7, 11) is 0. The first-order valence-corrected chi connectivity index (χ1v) is 8.90. The number of nitrogens with zero attached hydrogens (tertiary/aromatic N) is 3. The van der Waals surface area contributed by atoms with Crippen molar-refractivity contribution in [1.29, 1.82) is 0 Å². The number of hydrogen-bond acceptors (Lipinski definition) is 4. The van der Waals surface area contributed by atoms with Crippen LogP contribution in [0.5, 0.6) is 0 Å². The first kappa shape index (κ1) is 17.4. The summed E-state index contributed by atoms with van der Waals surface area (Å²) in [4.78, 5) is 41.0. The summed E-state index contributed by atoms with van der Waals surface area (Å²) >= 11 is 0. The van der Waals surface area contributed by atoms with Crippen molar-refractivity contribution in [3.05, 3.63) is 18.2 Å². The highest BCUT2D eigenvalue weighted by molar-refractivity contribution is 6.04. The number of amides is 4. The normalized spacial score (nSPS) is 21.3. The molecule has 8 heteroatoms. The lowest BCUT2D eigenvalue weighted by Gasteiger charge is -2.32. The van der Waals surface area contributed by atoms with Gasteiger partial charge in [0, 0.05) is 38.4 Å². The standard InChI is InChI=1S/C17H25N5O3/c1-12-18-7-11-21(12)8-4-13-5-9-22(10-6-13)15(23)3-2-14-16(24)20-17(25)19-14/h7,11,13-14H,2-6,8-10H2,1H3,(H2,19,20,24,25)/t14-/m1/s1. The molecule has 8 nitrogen and oxygen atoms in total. The number of rotatable bonds is 6. The van der Waals surface area contributed by atoms with Crippen molar-refractivity contribution >= 4 is 17.8 Å². The zero-order valence-electron chi connectivity index (χ0n) is 14.5. The molecule has 0 spiro atoms. The largest absolute Gasteiger partial charge is 0.343 e. The van der Waals surface area contributed by atoms with Crippen molar-refractivity contribution in [2.45, 2.75) is 51.6 Å². The molecule has 25 heavy (non-hydrogen) atoms. The second kappa shape index (κ2) is 7.67. The highest BCUT2D eigenvalue weighted by Gasteiger charge is 2.30. The summed E-state index contributed by atoms with van der Waals surface area (Å²) in [6.07, 6.45) is 7.61. The van der Waals surface area contributed by atoms with Gasteiger partial charge in [0.05, 0.1) is 0 Å². The molecule has 0 radical (unpaired) electrons. The van der Waals surface area contributed by atoms with Crippen LogP contribution in [0.1, 0.15) is 37.9 Å². The van der Waals surface area contributed by atoms with Gasteiger partial charge in [0.1, 0.15) is 11.9 Å². The first-order chi connectivity index (χ1) is 12.0. The molecular weight excluding hydrogens is 322 g/mol. The molecule has 0 bridgehead atoms. The number of urea groups is 1. The molecule has 1 aromatic rings. The average molecular weight is 347 g/mol. The molecule has 1 atom stereocenters. The lowest BCUT2D eigenvalue weighted by molar-refractivity contribution is -0.132. The zero-order chi connectivity index (χ0) is 17.8. The number of carbonyl (C=O) groups excluding carboxylic acids is 3. The Morgan fingerprint density at radius 1 is 1.28 bits per heavy atom. The van der Waals surface area contributed by atoms with Gasteiger partial charge in [0.15, 0.2) is 0 Å². The van der Waals surface area contributed by atoms with E-state index in [0.29, 0.717) is 12.3 Å². The van der Waals surface area contributed by atoms with Crippen LogP contribution in [0.25, 0.3) is 0 Å². The fourth-order valence-corrected chi connectivity index (χ4v) is 3.52. The van der Waals surface area contributed by atoms with Crippen LogP contribution in [-0.4, -0.2) is 51.4 Å². The van der Waals surface area contributed by atoms with Crippen molar-refractivity contribution < 1.29 is 14.4 Å². The monoisotopic (exact) mass is 347 g/mol. The van der Waals surface area contributed by atoms with Crippen LogP contribution < -0.4 is 10.6 Å². The Kier molecular flexibility index (Phi) is 5.35. The summed E-state index contributed by atoms with van der Waals surface area (Å²) in [5, 5.41) is 4.71. The van der Waals surface area contributed by atoms with Gasteiger partial charge >= 0.3 is 6.03 Å². The number of aromatic nitrogens is 2. The number of piperidine rings is 1. The van der Waals surface area contributed by atoms with E-state index < -0.39 is 12.1 Å². The Morgan fingerprint density at radius 3 is 2.64 bits per heavy atom. The Morgan fingerprint density at radius 2 is 2.04 bits per heavy atom. The number of nitrogens with one attached hydrogen (secondary N) is 2. The minimum Gasteiger partial charge on any atom is -0.343 e. The minimum atomic E-state index is -0.576. The quantitative estimate of drug-likeness (QED) is 0.744. The van der Waals surface area contributed by atoms with E-state index in [0.717, 1.165) is 44.7 Å². The number of carbonyl (C=O) groups is 3. The maximum atomic E-state index is 12.3. The average Bonchev–Trinajstić information content (AvgIpc) is 3.15. The van der Waals surface area contributed by atoms with E-state index in [-0.39, 0.29) is 18.2 Å². The number of imidazole rings is 1. The second-order valence-electron chi connectivity index (χ2n) is 6.83. The summed E-state index contributed by atoms with van der Waals surface area (Å²) in [6.45, 7) is 4.53. The summed E-state index contributed by atoms with van der Waals surface area (Å²) in [6, 6.07) is -1.05. The van der Waals surface area contributed by atoms with E-state index in [4.69, 9.17) is 0 Å². The van der Waals surface area contributed by atoms with Crippen LogP contribution >= 0.6 is 0 Å². The van der Waals surface area contributed by atoms with Gasteiger partial charge in [-0.2, -0.15) is 0 Å². The Balaban J connectivity index is 1.37. The highest BCUT2D eigenvalue weighted by atomic mass is 16.2. The molecule has 2 N–H and O–H groups in total. The van der Waals surface area contributed by atoms with Crippen LogP contribution in [0.4, 0.5) is 4.79 Å². The third-order valence-electron chi connectivity index (χ3n) is 5.17. The molecular formula is C17H25N5O3. The molecule has 3 heterocycles. The number of imide groups is 1. The van der Waals surface area contributed by atoms with Gasteiger partial charge in [0.2, 0.25) is 5.91 Å². The van der Waals surface area contributed by atoms with Gasteiger partial charge in [-0.3, -0.25) is 14.9 Å². The predicted molar refractivity (Wildman–Crippen MR) is 90.6 cm³/mol. The summed E-state index contributed by atoms with van der Waals surface area (Å²) in [5.41, 5.74) is 0. The van der Waals surface area contributed by atoms with Crippen molar-refractivity contribution in [1.82, 2.24) is 25.1 Å². The number of hydrogen-bond donors (Lipinski definition) is 2. The molecule has 2 saturated heterocycles. The van der Waals surface area contributed by atoms with E-state index in [9.17, 15) is 14.4 Å². The van der Waals surface area contributed by atoms with Crippen LogP contribution in [0, 0.1) is 12.8 Å².